The van der Waals surface area contributed by atoms with E-state index >= 15 is 0 Å². The van der Waals surface area contributed by atoms with Crippen molar-refractivity contribution in [3.8, 4) is 0 Å². The average molecular weight is 558 g/mol. The van der Waals surface area contributed by atoms with Gasteiger partial charge in [0.2, 0.25) is 0 Å². The molecule has 0 radical (unpaired) electrons. The third kappa shape index (κ3) is 4.29. The summed E-state index contributed by atoms with van der Waals surface area (Å²) >= 11 is 3.56. The highest BCUT2D eigenvalue weighted by Crippen LogP contribution is 2.42. The van der Waals surface area contributed by atoms with Gasteiger partial charge in [-0.2, -0.15) is 0 Å². The van der Waals surface area contributed by atoms with E-state index in [0.717, 1.165) is 33.8 Å². The minimum Gasteiger partial charge on any atom is -0.444 e. The predicted molar refractivity (Wildman–Crippen MR) is 139 cm³/mol. The van der Waals surface area contributed by atoms with Crippen molar-refractivity contribution in [1.29, 1.82) is 0 Å². The number of rotatable bonds is 3. The van der Waals surface area contributed by atoms with Crippen LogP contribution in [0.1, 0.15) is 51.3 Å². The first-order chi connectivity index (χ1) is 16.5. The van der Waals surface area contributed by atoms with Crippen LogP contribution >= 0.6 is 15.9 Å². The SMILES string of the molecule is Cc1ccc(S(=O)(=O)n2c(C3=CC4CCC(C3)N4C(=O)OC(C)(C)C)cc3c(Br)ccnc32)cc1. The zero-order valence-corrected chi connectivity index (χ0v) is 22.6. The largest absolute Gasteiger partial charge is 0.444 e. The van der Waals surface area contributed by atoms with Crippen molar-refractivity contribution in [2.24, 2.45) is 0 Å². The Balaban J connectivity index is 1.63. The number of carbonyl (C=O) groups is 1. The fourth-order valence-electron chi connectivity index (χ4n) is 4.95. The Kier molecular flexibility index (Phi) is 5.83. The van der Waals surface area contributed by atoms with E-state index < -0.39 is 15.6 Å². The van der Waals surface area contributed by atoms with Crippen LogP contribution < -0.4 is 0 Å². The zero-order chi connectivity index (χ0) is 25.1. The summed E-state index contributed by atoms with van der Waals surface area (Å²) in [6.07, 6.45) is 5.51. The highest BCUT2D eigenvalue weighted by Gasteiger charge is 2.42. The van der Waals surface area contributed by atoms with Gasteiger partial charge in [-0.3, -0.25) is 4.90 Å². The smallest absolute Gasteiger partial charge is 0.411 e. The minimum absolute atomic E-state index is 0.0419. The van der Waals surface area contributed by atoms with E-state index in [4.69, 9.17) is 4.74 Å². The van der Waals surface area contributed by atoms with E-state index in [1.54, 1.807) is 36.5 Å². The Morgan fingerprint density at radius 2 is 1.86 bits per heavy atom. The second kappa shape index (κ2) is 8.48. The molecule has 3 aromatic rings. The molecule has 35 heavy (non-hydrogen) atoms. The highest BCUT2D eigenvalue weighted by atomic mass is 79.9. The number of pyridine rings is 1. The minimum atomic E-state index is -3.92. The molecule has 0 spiro atoms. The Hall–Kier alpha value is -2.65. The topological polar surface area (TPSA) is 81.5 Å². The summed E-state index contributed by atoms with van der Waals surface area (Å²) in [6.45, 7) is 7.50. The van der Waals surface area contributed by atoms with Crippen LogP contribution in [0.25, 0.3) is 16.6 Å². The zero-order valence-electron chi connectivity index (χ0n) is 20.2. The summed E-state index contributed by atoms with van der Waals surface area (Å²) in [5.41, 5.74) is 2.26. The molecule has 2 aliphatic rings. The van der Waals surface area contributed by atoms with Gasteiger partial charge in [0.05, 0.1) is 16.6 Å². The van der Waals surface area contributed by atoms with Crippen LogP contribution in [-0.4, -0.2) is 46.1 Å². The summed E-state index contributed by atoms with van der Waals surface area (Å²) in [4.78, 5) is 19.4. The molecule has 0 N–H and O–H groups in total. The van der Waals surface area contributed by atoms with E-state index in [0.29, 0.717) is 17.8 Å². The molecule has 9 heteroatoms. The van der Waals surface area contributed by atoms with E-state index in [1.165, 1.54) is 3.97 Å². The molecule has 5 rings (SSSR count). The molecule has 1 aromatic carbocycles. The van der Waals surface area contributed by atoms with Crippen molar-refractivity contribution >= 4 is 48.7 Å². The molecule has 2 aliphatic heterocycles. The Bertz CT molecular complexity index is 1450. The maximum atomic E-state index is 13.9. The molecular weight excluding hydrogens is 530 g/mol. The molecule has 1 amide bonds. The molecule has 1 fully saturated rings. The number of carbonyl (C=O) groups excluding carboxylic acids is 1. The Labute approximate surface area is 214 Å². The average Bonchev–Trinajstić information content (AvgIpc) is 3.29. The standard InChI is InChI=1S/C26H28BrN3O4S/c1-16-5-9-20(10-6-16)35(32,33)30-23(15-21-22(27)11-12-28-24(21)30)17-13-18-7-8-19(14-17)29(18)25(31)34-26(2,3)4/h5-6,9-13,15,18-19H,7-8,14H2,1-4H3. The monoisotopic (exact) mass is 557 g/mol. The molecule has 1 saturated heterocycles. The molecule has 2 aromatic heterocycles. The number of benzene rings is 1. The van der Waals surface area contributed by atoms with Gasteiger partial charge in [-0.05, 0) is 92.7 Å². The number of ether oxygens (including phenoxy) is 1. The van der Waals surface area contributed by atoms with Crippen LogP contribution in [-0.2, 0) is 14.8 Å². The summed E-state index contributed by atoms with van der Waals surface area (Å²) in [7, 11) is -3.92. The Morgan fingerprint density at radius 1 is 1.14 bits per heavy atom. The number of hydrogen-bond donors (Lipinski definition) is 0. The molecule has 7 nitrogen and oxygen atoms in total. The van der Waals surface area contributed by atoms with E-state index in [-0.39, 0.29) is 23.1 Å². The molecule has 0 aliphatic carbocycles. The third-order valence-corrected chi connectivity index (χ3v) is 8.91. The van der Waals surface area contributed by atoms with E-state index in [2.05, 4.69) is 20.9 Å². The summed E-state index contributed by atoms with van der Waals surface area (Å²) < 4.78 is 35.6. The van der Waals surface area contributed by atoms with Crippen LogP contribution in [0, 0.1) is 6.92 Å². The predicted octanol–water partition coefficient (Wildman–Crippen LogP) is 5.90. The molecule has 4 heterocycles. The number of fused-ring (bicyclic) bond motifs is 3. The van der Waals surface area contributed by atoms with Gasteiger partial charge in [-0.25, -0.2) is 22.2 Å². The van der Waals surface area contributed by atoms with Crippen molar-refractivity contribution < 1.29 is 17.9 Å². The van der Waals surface area contributed by atoms with Gasteiger partial charge in [0.1, 0.15) is 5.60 Å². The fourth-order valence-corrected chi connectivity index (χ4v) is 6.85. The lowest BCUT2D eigenvalue weighted by Crippen LogP contribution is -2.45. The van der Waals surface area contributed by atoms with Gasteiger partial charge in [-0.15, -0.1) is 0 Å². The first-order valence-electron chi connectivity index (χ1n) is 11.7. The number of halogens is 1. The van der Waals surface area contributed by atoms with Crippen molar-refractivity contribution in [1.82, 2.24) is 13.9 Å². The molecule has 2 atom stereocenters. The molecular formula is C26H28BrN3O4S. The molecule has 2 unspecified atom stereocenters. The lowest BCUT2D eigenvalue weighted by atomic mass is 9.99. The Morgan fingerprint density at radius 3 is 2.51 bits per heavy atom. The van der Waals surface area contributed by atoms with Gasteiger partial charge in [0.15, 0.2) is 5.65 Å². The van der Waals surface area contributed by atoms with Crippen LogP contribution in [0.4, 0.5) is 4.79 Å². The van der Waals surface area contributed by atoms with Gasteiger partial charge in [-0.1, -0.05) is 23.8 Å². The summed E-state index contributed by atoms with van der Waals surface area (Å²) in [5.74, 6) is 0. The lowest BCUT2D eigenvalue weighted by Gasteiger charge is -2.35. The number of aromatic nitrogens is 2. The van der Waals surface area contributed by atoms with Crippen LogP contribution in [0.2, 0.25) is 0 Å². The second-order valence-electron chi connectivity index (χ2n) is 10.2. The van der Waals surface area contributed by atoms with Crippen molar-refractivity contribution in [3.63, 3.8) is 0 Å². The highest BCUT2D eigenvalue weighted by molar-refractivity contribution is 9.10. The number of amides is 1. The third-order valence-electron chi connectivity index (χ3n) is 6.50. The number of nitrogens with zero attached hydrogens (tertiary/aromatic N) is 3. The normalized spacial score (nSPS) is 20.3. The quantitative estimate of drug-likeness (QED) is 0.400. The van der Waals surface area contributed by atoms with Crippen LogP contribution in [0.3, 0.4) is 0 Å². The van der Waals surface area contributed by atoms with Gasteiger partial charge in [0.25, 0.3) is 10.0 Å². The maximum absolute atomic E-state index is 13.9. The van der Waals surface area contributed by atoms with Crippen molar-refractivity contribution in [2.75, 3.05) is 0 Å². The van der Waals surface area contributed by atoms with Crippen molar-refractivity contribution in [3.05, 3.63) is 64.4 Å². The van der Waals surface area contributed by atoms with E-state index in [1.807, 2.05) is 44.7 Å². The maximum Gasteiger partial charge on any atom is 0.411 e. The molecule has 2 bridgehead atoms. The summed E-state index contributed by atoms with van der Waals surface area (Å²) in [6, 6.07) is 10.3. The van der Waals surface area contributed by atoms with Gasteiger partial charge < -0.3 is 4.74 Å². The fraction of sp³-hybridized carbons (Fsp3) is 0.385. The first-order valence-corrected chi connectivity index (χ1v) is 13.9. The second-order valence-corrected chi connectivity index (χ2v) is 12.9. The number of hydrogen-bond acceptors (Lipinski definition) is 5. The molecule has 0 saturated carbocycles. The summed E-state index contributed by atoms with van der Waals surface area (Å²) in [5, 5.41) is 0.723. The lowest BCUT2D eigenvalue weighted by molar-refractivity contribution is 0.0175. The van der Waals surface area contributed by atoms with Gasteiger partial charge in [0, 0.05) is 22.1 Å². The van der Waals surface area contributed by atoms with Gasteiger partial charge >= 0.3 is 6.09 Å². The molecule has 184 valence electrons. The van der Waals surface area contributed by atoms with E-state index in [9.17, 15) is 13.2 Å². The van der Waals surface area contributed by atoms with Crippen molar-refractivity contribution in [2.45, 2.75) is 69.5 Å². The van der Waals surface area contributed by atoms with Crippen LogP contribution in [0.15, 0.2) is 58.0 Å². The first kappa shape index (κ1) is 24.1. The number of aryl methyl sites for hydroxylation is 1. The van der Waals surface area contributed by atoms with Crippen LogP contribution in [0.5, 0.6) is 0 Å².